The van der Waals surface area contributed by atoms with Crippen molar-refractivity contribution < 1.29 is 14.7 Å². The molecule has 1 aromatic carbocycles. The number of aliphatic carboxylic acids is 1. The van der Waals surface area contributed by atoms with E-state index in [1.54, 1.807) is 12.1 Å². The second-order valence-electron chi connectivity index (χ2n) is 4.86. The van der Waals surface area contributed by atoms with Gasteiger partial charge in [-0.1, -0.05) is 23.7 Å². The summed E-state index contributed by atoms with van der Waals surface area (Å²) >= 11 is 5.80. The Bertz CT molecular complexity index is 486. The third kappa shape index (κ3) is 4.42. The normalized spacial score (nSPS) is 13.8. The third-order valence-corrected chi connectivity index (χ3v) is 3.41. The fourth-order valence-electron chi connectivity index (χ4n) is 1.97. The van der Waals surface area contributed by atoms with Gasteiger partial charge < -0.3 is 15.3 Å². The molecule has 1 saturated carbocycles. The molecule has 5 nitrogen and oxygen atoms in total. The number of amides is 2. The van der Waals surface area contributed by atoms with Crippen LogP contribution in [-0.4, -0.2) is 41.1 Å². The Balaban J connectivity index is 1.78. The quantitative estimate of drug-likeness (QED) is 0.845. The van der Waals surface area contributed by atoms with E-state index in [4.69, 9.17) is 16.7 Å². The minimum Gasteiger partial charge on any atom is -0.480 e. The molecule has 0 bridgehead atoms. The lowest BCUT2D eigenvalue weighted by molar-refractivity contribution is -0.137. The van der Waals surface area contributed by atoms with E-state index < -0.39 is 5.97 Å². The molecule has 0 spiro atoms. The molecule has 2 amide bonds. The lowest BCUT2D eigenvalue weighted by Crippen LogP contribution is -2.44. The molecule has 0 saturated heterocycles. The van der Waals surface area contributed by atoms with E-state index in [0.29, 0.717) is 18.0 Å². The van der Waals surface area contributed by atoms with Crippen LogP contribution in [0.25, 0.3) is 0 Å². The topological polar surface area (TPSA) is 69.6 Å². The third-order valence-electron chi connectivity index (χ3n) is 3.16. The summed E-state index contributed by atoms with van der Waals surface area (Å²) < 4.78 is 0. The van der Waals surface area contributed by atoms with E-state index in [1.807, 2.05) is 12.1 Å². The highest BCUT2D eigenvalue weighted by molar-refractivity contribution is 6.30. The van der Waals surface area contributed by atoms with E-state index in [1.165, 1.54) is 4.90 Å². The van der Waals surface area contributed by atoms with Crippen molar-refractivity contribution in [1.82, 2.24) is 10.2 Å². The van der Waals surface area contributed by atoms with Crippen LogP contribution in [0.2, 0.25) is 5.02 Å². The van der Waals surface area contributed by atoms with Crippen molar-refractivity contribution in [3.63, 3.8) is 0 Å². The van der Waals surface area contributed by atoms with Crippen LogP contribution in [0, 0.1) is 0 Å². The monoisotopic (exact) mass is 296 g/mol. The standard InChI is InChI=1S/C14H17ClN2O3/c15-11-3-1-10(2-4-11)7-8-16-14(20)17(9-13(18)19)12-5-6-12/h1-4,12H,5-9H2,(H,16,20)(H,18,19). The van der Waals surface area contributed by atoms with Gasteiger partial charge in [0.1, 0.15) is 6.54 Å². The number of carboxylic acids is 1. The highest BCUT2D eigenvalue weighted by Crippen LogP contribution is 2.26. The summed E-state index contributed by atoms with van der Waals surface area (Å²) in [6, 6.07) is 7.21. The summed E-state index contributed by atoms with van der Waals surface area (Å²) in [5.74, 6) is -0.982. The van der Waals surface area contributed by atoms with Crippen LogP contribution in [0.3, 0.4) is 0 Å². The smallest absolute Gasteiger partial charge is 0.323 e. The van der Waals surface area contributed by atoms with Crippen LogP contribution in [0.5, 0.6) is 0 Å². The van der Waals surface area contributed by atoms with Crippen LogP contribution in [0.15, 0.2) is 24.3 Å². The lowest BCUT2D eigenvalue weighted by Gasteiger charge is -2.20. The fourth-order valence-corrected chi connectivity index (χ4v) is 2.09. The molecule has 6 heteroatoms. The predicted octanol–water partition coefficient (Wildman–Crippen LogP) is 2.14. The number of carboxylic acid groups (broad SMARTS) is 1. The van der Waals surface area contributed by atoms with Gasteiger partial charge in [0.2, 0.25) is 0 Å². The van der Waals surface area contributed by atoms with Crippen molar-refractivity contribution in [3.05, 3.63) is 34.9 Å². The van der Waals surface area contributed by atoms with E-state index in [-0.39, 0.29) is 18.6 Å². The Morgan fingerprint density at radius 2 is 1.95 bits per heavy atom. The average molecular weight is 297 g/mol. The van der Waals surface area contributed by atoms with Gasteiger partial charge in [-0.25, -0.2) is 4.79 Å². The molecule has 0 atom stereocenters. The zero-order chi connectivity index (χ0) is 14.5. The molecule has 2 N–H and O–H groups in total. The van der Waals surface area contributed by atoms with Crippen LogP contribution in [0.1, 0.15) is 18.4 Å². The molecule has 20 heavy (non-hydrogen) atoms. The molecular weight excluding hydrogens is 280 g/mol. The number of halogens is 1. The maximum absolute atomic E-state index is 11.9. The molecule has 0 aliphatic heterocycles. The predicted molar refractivity (Wildman–Crippen MR) is 75.9 cm³/mol. The maximum Gasteiger partial charge on any atom is 0.323 e. The van der Waals surface area contributed by atoms with E-state index >= 15 is 0 Å². The number of hydrogen-bond donors (Lipinski definition) is 2. The molecule has 1 aromatic rings. The Kier molecular flexibility index (Phi) is 4.84. The first-order valence-corrected chi connectivity index (χ1v) is 6.95. The largest absolute Gasteiger partial charge is 0.480 e. The number of benzene rings is 1. The second kappa shape index (κ2) is 6.61. The summed E-state index contributed by atoms with van der Waals surface area (Å²) in [6.45, 7) is 0.237. The number of nitrogens with one attached hydrogen (secondary N) is 1. The summed E-state index contributed by atoms with van der Waals surface area (Å²) in [5.41, 5.74) is 1.07. The summed E-state index contributed by atoms with van der Waals surface area (Å²) in [6.07, 6.45) is 2.46. The van der Waals surface area contributed by atoms with Crippen molar-refractivity contribution in [1.29, 1.82) is 0 Å². The number of rotatable bonds is 6. The van der Waals surface area contributed by atoms with Gasteiger partial charge in [0.15, 0.2) is 0 Å². The van der Waals surface area contributed by atoms with Crippen LogP contribution in [0.4, 0.5) is 4.79 Å². The lowest BCUT2D eigenvalue weighted by atomic mass is 10.1. The molecule has 0 heterocycles. The molecule has 1 aliphatic carbocycles. The average Bonchev–Trinajstić information content (AvgIpc) is 3.22. The van der Waals surface area contributed by atoms with Crippen LogP contribution < -0.4 is 5.32 Å². The number of urea groups is 1. The van der Waals surface area contributed by atoms with Crippen molar-refractivity contribution in [3.8, 4) is 0 Å². The van der Waals surface area contributed by atoms with Crippen molar-refractivity contribution >= 4 is 23.6 Å². The first-order valence-electron chi connectivity index (χ1n) is 6.57. The van der Waals surface area contributed by atoms with Gasteiger partial charge >= 0.3 is 12.0 Å². The number of hydrogen-bond acceptors (Lipinski definition) is 2. The van der Waals surface area contributed by atoms with Crippen molar-refractivity contribution in [2.75, 3.05) is 13.1 Å². The Hall–Kier alpha value is -1.75. The summed E-state index contributed by atoms with van der Waals surface area (Å²) in [5, 5.41) is 12.2. The highest BCUT2D eigenvalue weighted by Gasteiger charge is 2.33. The van der Waals surface area contributed by atoms with Crippen molar-refractivity contribution in [2.45, 2.75) is 25.3 Å². The first-order chi connectivity index (χ1) is 9.56. The molecule has 0 unspecified atom stereocenters. The van der Waals surface area contributed by atoms with Gasteiger partial charge in [0, 0.05) is 17.6 Å². The number of carbonyl (C=O) groups excluding carboxylic acids is 1. The van der Waals surface area contributed by atoms with Crippen LogP contribution >= 0.6 is 11.6 Å². The molecule has 2 rings (SSSR count). The maximum atomic E-state index is 11.9. The van der Waals surface area contributed by atoms with Gasteiger partial charge in [0.05, 0.1) is 0 Å². The zero-order valence-electron chi connectivity index (χ0n) is 11.0. The van der Waals surface area contributed by atoms with Gasteiger partial charge in [0.25, 0.3) is 0 Å². The zero-order valence-corrected chi connectivity index (χ0v) is 11.8. The Morgan fingerprint density at radius 1 is 1.30 bits per heavy atom. The molecule has 0 aromatic heterocycles. The molecule has 1 fully saturated rings. The Labute approximate surface area is 122 Å². The minimum absolute atomic E-state index is 0.0848. The van der Waals surface area contributed by atoms with E-state index in [2.05, 4.69) is 5.32 Å². The van der Waals surface area contributed by atoms with Gasteiger partial charge in [-0.2, -0.15) is 0 Å². The van der Waals surface area contributed by atoms with Gasteiger partial charge in [-0.05, 0) is 37.0 Å². The SMILES string of the molecule is O=C(O)CN(C(=O)NCCc1ccc(Cl)cc1)C1CC1. The first kappa shape index (κ1) is 14.7. The molecule has 0 radical (unpaired) electrons. The summed E-state index contributed by atoms with van der Waals surface area (Å²) in [7, 11) is 0. The number of nitrogens with zero attached hydrogens (tertiary/aromatic N) is 1. The molecule has 108 valence electrons. The summed E-state index contributed by atoms with van der Waals surface area (Å²) in [4.78, 5) is 24.1. The minimum atomic E-state index is -0.982. The highest BCUT2D eigenvalue weighted by atomic mass is 35.5. The van der Waals surface area contributed by atoms with Gasteiger partial charge in [-0.15, -0.1) is 0 Å². The van der Waals surface area contributed by atoms with Crippen molar-refractivity contribution in [2.24, 2.45) is 0 Å². The van der Waals surface area contributed by atoms with E-state index in [9.17, 15) is 9.59 Å². The second-order valence-corrected chi connectivity index (χ2v) is 5.30. The fraction of sp³-hybridized carbons (Fsp3) is 0.429. The van der Waals surface area contributed by atoms with E-state index in [0.717, 1.165) is 18.4 Å². The van der Waals surface area contributed by atoms with Gasteiger partial charge in [-0.3, -0.25) is 4.79 Å². The number of carbonyl (C=O) groups is 2. The molecular formula is C14H17ClN2O3. The Morgan fingerprint density at radius 3 is 2.50 bits per heavy atom. The molecule has 1 aliphatic rings. The van der Waals surface area contributed by atoms with Crippen LogP contribution in [-0.2, 0) is 11.2 Å².